The second-order valence-electron chi connectivity index (χ2n) is 6.54. The summed E-state index contributed by atoms with van der Waals surface area (Å²) in [6, 6.07) is 16.9. The Bertz CT molecular complexity index is 1080. The lowest BCUT2D eigenvalue weighted by molar-refractivity contribution is 0.102. The molecule has 4 aromatic rings. The van der Waals surface area contributed by atoms with E-state index < -0.39 is 0 Å². The molecule has 1 amide bonds. The second kappa shape index (κ2) is 7.43. The van der Waals surface area contributed by atoms with E-state index in [-0.39, 0.29) is 5.91 Å². The fourth-order valence-electron chi connectivity index (χ4n) is 2.95. The summed E-state index contributed by atoms with van der Waals surface area (Å²) in [5.74, 6) is -0.159. The Morgan fingerprint density at radius 3 is 2.39 bits per heavy atom. The molecule has 0 aliphatic carbocycles. The summed E-state index contributed by atoms with van der Waals surface area (Å²) in [6.45, 7) is 4.69. The van der Waals surface area contributed by atoms with E-state index in [0.717, 1.165) is 22.6 Å². The molecule has 0 atom stereocenters. The fraction of sp³-hybridized carbons (Fsp3) is 0.150. The van der Waals surface area contributed by atoms with Gasteiger partial charge in [0.1, 0.15) is 6.33 Å². The van der Waals surface area contributed by atoms with E-state index in [0.29, 0.717) is 17.8 Å². The molecule has 1 N–H and O–H groups in total. The number of carbonyl (C=O) groups excluding carboxylic acids is 1. The number of anilines is 1. The highest BCUT2D eigenvalue weighted by atomic mass is 16.1. The maximum Gasteiger partial charge on any atom is 0.255 e. The first-order chi connectivity index (χ1) is 13.6. The minimum atomic E-state index is -0.159. The van der Waals surface area contributed by atoms with E-state index in [1.807, 2.05) is 73.1 Å². The Morgan fingerprint density at radius 1 is 1.04 bits per heavy atom. The Balaban J connectivity index is 1.41. The number of rotatable bonds is 5. The van der Waals surface area contributed by atoms with Crippen LogP contribution >= 0.6 is 0 Å². The van der Waals surface area contributed by atoms with Crippen LogP contribution in [-0.4, -0.2) is 35.9 Å². The number of benzene rings is 2. The summed E-state index contributed by atoms with van der Waals surface area (Å²) in [5.41, 5.74) is 5.32. The van der Waals surface area contributed by atoms with E-state index in [9.17, 15) is 4.79 Å². The first-order valence-electron chi connectivity index (χ1n) is 8.83. The van der Waals surface area contributed by atoms with Crippen molar-refractivity contribution in [2.24, 2.45) is 0 Å². The predicted molar refractivity (Wildman–Crippen MR) is 104 cm³/mol. The monoisotopic (exact) mass is 373 g/mol. The van der Waals surface area contributed by atoms with Crippen LogP contribution in [0.15, 0.2) is 60.9 Å². The van der Waals surface area contributed by atoms with Gasteiger partial charge in [-0.1, -0.05) is 12.1 Å². The average molecular weight is 373 g/mol. The van der Waals surface area contributed by atoms with Crippen molar-refractivity contribution in [3.8, 4) is 5.69 Å². The fourth-order valence-corrected chi connectivity index (χ4v) is 2.95. The van der Waals surface area contributed by atoms with Crippen LogP contribution in [-0.2, 0) is 6.54 Å². The molecule has 0 aliphatic rings. The molecule has 0 saturated heterocycles. The van der Waals surface area contributed by atoms with Crippen LogP contribution in [0.1, 0.15) is 27.3 Å². The van der Waals surface area contributed by atoms with Gasteiger partial charge < -0.3 is 5.32 Å². The number of hydrogen-bond acceptors (Lipinski definition) is 5. The highest BCUT2D eigenvalue weighted by Crippen LogP contribution is 2.14. The molecule has 140 valence electrons. The Hall–Kier alpha value is -3.81. The molecule has 2 aromatic carbocycles. The smallest absolute Gasteiger partial charge is 0.255 e. The van der Waals surface area contributed by atoms with Crippen molar-refractivity contribution < 1.29 is 4.79 Å². The van der Waals surface area contributed by atoms with E-state index >= 15 is 0 Å². The summed E-state index contributed by atoms with van der Waals surface area (Å²) < 4.78 is 3.50. The molecule has 0 fully saturated rings. The van der Waals surface area contributed by atoms with Crippen LogP contribution in [0.2, 0.25) is 0 Å². The third-order valence-electron chi connectivity index (χ3n) is 4.39. The van der Waals surface area contributed by atoms with Gasteiger partial charge in [0.05, 0.1) is 17.9 Å². The number of nitrogens with zero attached hydrogens (tertiary/aromatic N) is 6. The lowest BCUT2D eigenvalue weighted by Gasteiger charge is -2.08. The maximum atomic E-state index is 12.5. The lowest BCUT2D eigenvalue weighted by atomic mass is 10.1. The molecular formula is C20H19N7O. The number of hydrogen-bond donors (Lipinski definition) is 1. The Morgan fingerprint density at radius 2 is 1.79 bits per heavy atom. The van der Waals surface area contributed by atoms with Crippen molar-refractivity contribution in [3.63, 3.8) is 0 Å². The SMILES string of the molecule is Cc1cc(C)n(Cc2ccc(C(=O)Nc3ccc(-n4cnnn4)cc3)cc2)n1. The van der Waals surface area contributed by atoms with E-state index in [4.69, 9.17) is 0 Å². The van der Waals surface area contributed by atoms with Gasteiger partial charge in [-0.2, -0.15) is 5.10 Å². The zero-order valence-electron chi connectivity index (χ0n) is 15.6. The van der Waals surface area contributed by atoms with Gasteiger partial charge in [-0.25, -0.2) is 4.68 Å². The maximum absolute atomic E-state index is 12.5. The lowest BCUT2D eigenvalue weighted by Crippen LogP contribution is -2.12. The number of aromatic nitrogens is 6. The first-order valence-corrected chi connectivity index (χ1v) is 8.83. The van der Waals surface area contributed by atoms with Gasteiger partial charge in [0.2, 0.25) is 0 Å². The largest absolute Gasteiger partial charge is 0.322 e. The van der Waals surface area contributed by atoms with Crippen molar-refractivity contribution in [2.45, 2.75) is 20.4 Å². The highest BCUT2D eigenvalue weighted by Gasteiger charge is 2.08. The highest BCUT2D eigenvalue weighted by molar-refractivity contribution is 6.04. The standard InChI is InChI=1S/C20H19N7O/c1-14-11-15(2)26(23-14)12-16-3-5-17(6-4-16)20(28)22-18-7-9-19(10-8-18)27-13-21-24-25-27/h3-11,13H,12H2,1-2H3,(H,22,28). The van der Waals surface area contributed by atoms with Crippen LogP contribution in [0.5, 0.6) is 0 Å². The van der Waals surface area contributed by atoms with Gasteiger partial charge in [-0.3, -0.25) is 9.48 Å². The summed E-state index contributed by atoms with van der Waals surface area (Å²) in [5, 5.41) is 18.4. The summed E-state index contributed by atoms with van der Waals surface area (Å²) in [7, 11) is 0. The number of tetrazole rings is 1. The zero-order valence-corrected chi connectivity index (χ0v) is 15.6. The molecule has 4 rings (SSSR count). The van der Waals surface area contributed by atoms with Crippen molar-refractivity contribution in [3.05, 3.63) is 83.4 Å². The molecule has 8 nitrogen and oxygen atoms in total. The predicted octanol–water partition coefficient (Wildman–Crippen LogP) is 2.78. The quantitative estimate of drug-likeness (QED) is 0.581. The van der Waals surface area contributed by atoms with Crippen molar-refractivity contribution in [1.82, 2.24) is 30.0 Å². The first kappa shape index (κ1) is 17.6. The van der Waals surface area contributed by atoms with Gasteiger partial charge in [0, 0.05) is 16.9 Å². The third kappa shape index (κ3) is 3.80. The molecule has 0 spiro atoms. The molecular weight excluding hydrogens is 354 g/mol. The third-order valence-corrected chi connectivity index (χ3v) is 4.39. The molecule has 0 saturated carbocycles. The molecule has 2 aromatic heterocycles. The minimum Gasteiger partial charge on any atom is -0.322 e. The normalized spacial score (nSPS) is 10.8. The summed E-state index contributed by atoms with van der Waals surface area (Å²) in [4.78, 5) is 12.5. The van der Waals surface area contributed by atoms with Gasteiger partial charge in [0.15, 0.2) is 0 Å². The van der Waals surface area contributed by atoms with Gasteiger partial charge in [0.25, 0.3) is 5.91 Å². The van der Waals surface area contributed by atoms with Crippen LogP contribution in [0.4, 0.5) is 5.69 Å². The minimum absolute atomic E-state index is 0.159. The Labute approximate surface area is 161 Å². The molecule has 0 unspecified atom stereocenters. The Kier molecular flexibility index (Phi) is 4.67. The molecule has 28 heavy (non-hydrogen) atoms. The molecule has 0 bridgehead atoms. The molecule has 2 heterocycles. The zero-order chi connectivity index (χ0) is 19.5. The van der Waals surface area contributed by atoms with Gasteiger partial charge in [-0.15, -0.1) is 5.10 Å². The molecule has 0 radical (unpaired) electrons. The van der Waals surface area contributed by atoms with Crippen molar-refractivity contribution in [1.29, 1.82) is 0 Å². The number of carbonyl (C=O) groups is 1. The number of aryl methyl sites for hydroxylation is 2. The van der Waals surface area contributed by atoms with Crippen LogP contribution in [0, 0.1) is 13.8 Å². The number of amides is 1. The molecule has 0 aliphatic heterocycles. The second-order valence-corrected chi connectivity index (χ2v) is 6.54. The van der Waals surface area contributed by atoms with Gasteiger partial charge >= 0.3 is 0 Å². The van der Waals surface area contributed by atoms with Crippen molar-refractivity contribution >= 4 is 11.6 Å². The molecule has 8 heteroatoms. The topological polar surface area (TPSA) is 90.5 Å². The average Bonchev–Trinajstić information content (AvgIpc) is 3.33. The van der Waals surface area contributed by atoms with E-state index in [2.05, 4.69) is 25.9 Å². The van der Waals surface area contributed by atoms with Crippen LogP contribution in [0.3, 0.4) is 0 Å². The van der Waals surface area contributed by atoms with Gasteiger partial charge in [-0.05, 0) is 72.3 Å². The summed E-state index contributed by atoms with van der Waals surface area (Å²) in [6.07, 6.45) is 1.52. The van der Waals surface area contributed by atoms with Crippen LogP contribution in [0.25, 0.3) is 5.69 Å². The van der Waals surface area contributed by atoms with E-state index in [1.54, 1.807) is 4.68 Å². The number of nitrogens with one attached hydrogen (secondary N) is 1. The summed E-state index contributed by atoms with van der Waals surface area (Å²) >= 11 is 0. The van der Waals surface area contributed by atoms with Crippen LogP contribution < -0.4 is 5.32 Å². The van der Waals surface area contributed by atoms with Crippen molar-refractivity contribution in [2.75, 3.05) is 5.32 Å². The van der Waals surface area contributed by atoms with E-state index in [1.165, 1.54) is 6.33 Å².